The normalized spacial score (nSPS) is 37.8. The first kappa shape index (κ1) is 25.7. The van der Waals surface area contributed by atoms with Crippen molar-refractivity contribution in [1.82, 2.24) is 0 Å². The number of hydrogen-bond acceptors (Lipinski definition) is 5. The van der Waals surface area contributed by atoms with Gasteiger partial charge in [0.1, 0.15) is 23.1 Å². The van der Waals surface area contributed by atoms with E-state index in [1.807, 2.05) is 19.9 Å². The number of aliphatic hydroxyl groups is 1. The van der Waals surface area contributed by atoms with Gasteiger partial charge in [-0.15, -0.1) is 0 Å². The van der Waals surface area contributed by atoms with Crippen molar-refractivity contribution in [3.05, 3.63) is 41.5 Å². The summed E-state index contributed by atoms with van der Waals surface area (Å²) in [4.78, 5) is 16.3. The minimum atomic E-state index is -0.952. The Bertz CT molecular complexity index is 976. The van der Waals surface area contributed by atoms with E-state index in [9.17, 15) is 15.0 Å². The van der Waals surface area contributed by atoms with E-state index in [0.29, 0.717) is 35.8 Å². The number of carboxylic acids is 1. The van der Waals surface area contributed by atoms with Crippen molar-refractivity contribution >= 4 is 21.9 Å². The maximum atomic E-state index is 11.9. The lowest BCUT2D eigenvalue weighted by atomic mass is 9.47. The van der Waals surface area contributed by atoms with Crippen molar-refractivity contribution < 1.29 is 29.9 Å². The number of fused-ring (bicyclic) bond motifs is 2. The van der Waals surface area contributed by atoms with Crippen molar-refractivity contribution in [1.29, 1.82) is 0 Å². The fraction of sp³-hybridized carbons (Fsp3) is 0.667. The average Bonchev–Trinajstić information content (AvgIpc) is 3.21. The molecule has 0 aromatic heterocycles. The fourth-order valence-corrected chi connectivity index (χ4v) is 7.63. The zero-order chi connectivity index (χ0) is 24.9. The van der Waals surface area contributed by atoms with Crippen LogP contribution in [0, 0.1) is 16.7 Å². The molecule has 0 unspecified atom stereocenters. The number of aromatic carboxylic acids is 1. The van der Waals surface area contributed by atoms with E-state index in [-0.39, 0.29) is 22.5 Å². The van der Waals surface area contributed by atoms with Crippen LogP contribution in [0.25, 0.3) is 0 Å². The molecule has 34 heavy (non-hydrogen) atoms. The molecule has 3 aliphatic rings. The highest BCUT2D eigenvalue weighted by atomic mass is 79.9. The van der Waals surface area contributed by atoms with Crippen LogP contribution in [0.3, 0.4) is 0 Å². The molecule has 0 amide bonds. The minimum absolute atomic E-state index is 0.00620. The Kier molecular flexibility index (Phi) is 6.73. The number of hydrogen-bond donors (Lipinski definition) is 3. The second-order valence-corrected chi connectivity index (χ2v) is 12.9. The summed E-state index contributed by atoms with van der Waals surface area (Å²) in [7, 11) is 0. The monoisotopic (exact) mass is 536 g/mol. The molecule has 2 saturated carbocycles. The minimum Gasteiger partial charge on any atom is -0.487 e. The standard InChI is InChI=1S/C27H37BrO6/c1-24(2,34-32)10-5-11-26(4)20-8-13-27(31,16-25(20,3)12-9-21(26)28)22-15-18-14-17(23(29)30)6-7-19(18)33-22/h5-7,10,14,20-22,31-32H,8-9,11-13,15-16H2,1-4H3,(H,29,30)/t20-,21+,22+,25-,26+,27-/m0/s1. The Morgan fingerprint density at radius 2 is 2.03 bits per heavy atom. The number of rotatable bonds is 6. The van der Waals surface area contributed by atoms with Gasteiger partial charge < -0.3 is 14.9 Å². The van der Waals surface area contributed by atoms with Crippen LogP contribution in [-0.2, 0) is 11.3 Å². The number of carbonyl (C=O) groups is 1. The molecule has 0 saturated heterocycles. The van der Waals surface area contributed by atoms with Gasteiger partial charge in [0.15, 0.2) is 0 Å². The van der Waals surface area contributed by atoms with E-state index in [0.717, 1.165) is 31.2 Å². The van der Waals surface area contributed by atoms with Gasteiger partial charge in [-0.3, -0.25) is 5.26 Å². The first-order valence-corrected chi connectivity index (χ1v) is 13.1. The number of allylic oxidation sites excluding steroid dienone is 1. The Hall–Kier alpha value is -1.41. The van der Waals surface area contributed by atoms with Gasteiger partial charge in [0, 0.05) is 11.2 Å². The van der Waals surface area contributed by atoms with Crippen LogP contribution in [0.15, 0.2) is 30.4 Å². The van der Waals surface area contributed by atoms with Gasteiger partial charge in [-0.2, -0.15) is 0 Å². The molecular weight excluding hydrogens is 500 g/mol. The molecule has 3 N–H and O–H groups in total. The summed E-state index contributed by atoms with van der Waals surface area (Å²) in [5.74, 6) is 0.152. The third kappa shape index (κ3) is 4.57. The van der Waals surface area contributed by atoms with E-state index in [2.05, 4.69) is 40.7 Å². The second-order valence-electron chi connectivity index (χ2n) is 11.8. The molecule has 188 valence electrons. The van der Waals surface area contributed by atoms with Crippen LogP contribution in [0.2, 0.25) is 0 Å². The van der Waals surface area contributed by atoms with E-state index >= 15 is 0 Å². The van der Waals surface area contributed by atoms with E-state index in [4.69, 9.17) is 9.99 Å². The molecule has 2 aliphatic carbocycles. The van der Waals surface area contributed by atoms with Crippen molar-refractivity contribution in [3.63, 3.8) is 0 Å². The molecule has 6 atom stereocenters. The lowest BCUT2D eigenvalue weighted by Gasteiger charge is -2.60. The zero-order valence-electron chi connectivity index (χ0n) is 20.5. The number of carboxylic acid groups (broad SMARTS) is 1. The topological polar surface area (TPSA) is 96.2 Å². The summed E-state index contributed by atoms with van der Waals surface area (Å²) >= 11 is 3.98. The predicted molar refractivity (Wildman–Crippen MR) is 134 cm³/mol. The van der Waals surface area contributed by atoms with E-state index in [1.165, 1.54) is 0 Å². The summed E-state index contributed by atoms with van der Waals surface area (Å²) in [6.45, 7) is 8.30. The molecule has 6 nitrogen and oxygen atoms in total. The van der Waals surface area contributed by atoms with Crippen molar-refractivity contribution in [2.45, 2.75) is 94.8 Å². The Balaban J connectivity index is 1.53. The van der Waals surface area contributed by atoms with Gasteiger partial charge in [0.2, 0.25) is 0 Å². The van der Waals surface area contributed by atoms with Gasteiger partial charge >= 0.3 is 5.97 Å². The lowest BCUT2D eigenvalue weighted by Crippen LogP contribution is -2.59. The van der Waals surface area contributed by atoms with Crippen LogP contribution in [0.5, 0.6) is 5.75 Å². The predicted octanol–water partition coefficient (Wildman–Crippen LogP) is 6.00. The van der Waals surface area contributed by atoms with Gasteiger partial charge in [-0.25, -0.2) is 9.68 Å². The lowest BCUT2D eigenvalue weighted by molar-refractivity contribution is -0.297. The molecule has 0 radical (unpaired) electrons. The maximum absolute atomic E-state index is 11.9. The van der Waals surface area contributed by atoms with Gasteiger partial charge in [-0.05, 0) is 92.9 Å². The van der Waals surface area contributed by atoms with Gasteiger partial charge in [0.25, 0.3) is 0 Å². The molecule has 0 bridgehead atoms. The molecule has 1 aliphatic heterocycles. The fourth-order valence-electron chi connectivity index (χ4n) is 6.90. The van der Waals surface area contributed by atoms with Crippen LogP contribution < -0.4 is 4.74 Å². The summed E-state index contributed by atoms with van der Waals surface area (Å²) < 4.78 is 6.20. The van der Waals surface area contributed by atoms with Crippen molar-refractivity contribution in [2.75, 3.05) is 0 Å². The number of benzene rings is 1. The Morgan fingerprint density at radius 1 is 1.29 bits per heavy atom. The maximum Gasteiger partial charge on any atom is 0.335 e. The summed E-state index contributed by atoms with van der Waals surface area (Å²) in [6.07, 6.45) is 9.34. The summed E-state index contributed by atoms with van der Waals surface area (Å²) in [5, 5.41) is 30.3. The van der Waals surface area contributed by atoms with Crippen LogP contribution in [0.4, 0.5) is 0 Å². The van der Waals surface area contributed by atoms with Gasteiger partial charge in [-0.1, -0.05) is 41.9 Å². The molecule has 7 heteroatoms. The van der Waals surface area contributed by atoms with Crippen LogP contribution in [0.1, 0.15) is 82.1 Å². The van der Waals surface area contributed by atoms with Crippen LogP contribution >= 0.6 is 15.9 Å². The molecular formula is C27H37BrO6. The highest BCUT2D eigenvalue weighted by molar-refractivity contribution is 9.09. The number of ether oxygens (including phenoxy) is 1. The molecule has 0 spiro atoms. The van der Waals surface area contributed by atoms with Crippen molar-refractivity contribution in [2.24, 2.45) is 16.7 Å². The highest BCUT2D eigenvalue weighted by Gasteiger charge is 2.59. The average molecular weight is 537 g/mol. The molecule has 1 heterocycles. The van der Waals surface area contributed by atoms with Crippen molar-refractivity contribution in [3.8, 4) is 5.75 Å². The zero-order valence-corrected chi connectivity index (χ0v) is 22.1. The second kappa shape index (κ2) is 8.91. The first-order chi connectivity index (χ1) is 15.8. The quantitative estimate of drug-likeness (QED) is 0.178. The smallest absolute Gasteiger partial charge is 0.335 e. The first-order valence-electron chi connectivity index (χ1n) is 12.2. The summed E-state index contributed by atoms with van der Waals surface area (Å²) in [5.41, 5.74) is -0.591. The highest BCUT2D eigenvalue weighted by Crippen LogP contribution is 2.63. The van der Waals surface area contributed by atoms with E-state index < -0.39 is 17.2 Å². The molecule has 4 rings (SSSR count). The summed E-state index contributed by atoms with van der Waals surface area (Å²) in [6, 6.07) is 4.95. The number of halogens is 1. The van der Waals surface area contributed by atoms with E-state index in [1.54, 1.807) is 18.2 Å². The number of alkyl halides is 1. The molecule has 1 aromatic carbocycles. The van der Waals surface area contributed by atoms with Gasteiger partial charge in [0.05, 0.1) is 5.56 Å². The van der Waals surface area contributed by atoms with Crippen LogP contribution in [-0.4, -0.2) is 43.6 Å². The third-order valence-electron chi connectivity index (χ3n) is 8.79. The largest absolute Gasteiger partial charge is 0.487 e. The SMILES string of the molecule is CC(C)(C=CC[C@@]1(C)[C@H](Br)CC[C@@]2(C)C[C@](O)([C@H]3Cc4cc(C(=O)O)ccc4O3)CC[C@@H]21)OO. The molecule has 2 fully saturated rings. The Labute approximate surface area is 210 Å². The Morgan fingerprint density at radius 3 is 2.71 bits per heavy atom. The molecule has 1 aromatic rings. The third-order valence-corrected chi connectivity index (χ3v) is 10.3.